The van der Waals surface area contributed by atoms with Crippen LogP contribution in [0.5, 0.6) is 11.8 Å². The standard InChI is InChI=1S/C30H31F2N7O2/c31-23-6-3-17-11-20(40)12-21(24(17)25(23)32)26-33-13-22-27(35-26)36-29(41-16-30-7-1-9-39(30)10-2-8-30)37-28(22)38-14-18-4-5-19(15-38)34-18/h3,6,11-13,18-19,34,40H,1-2,4-5,7-10,14-16H2. The molecule has 0 amide bonds. The number of aromatic nitrogens is 4. The SMILES string of the molecule is Oc1cc(-c2ncc3c(N4CC5CCC(C4)N5)nc(OCC45CCCN4CCC5)nc3n2)c2c(F)c(F)ccc2c1. The summed E-state index contributed by atoms with van der Waals surface area (Å²) in [4.78, 5) is 23.7. The molecule has 2 atom stereocenters. The topological polar surface area (TPSA) is 99.5 Å². The van der Waals surface area contributed by atoms with E-state index >= 15 is 4.39 Å². The van der Waals surface area contributed by atoms with E-state index < -0.39 is 11.6 Å². The Kier molecular flexibility index (Phi) is 5.75. The maximum absolute atomic E-state index is 15.0. The molecule has 2 N–H and O–H groups in total. The fourth-order valence-corrected chi connectivity index (χ4v) is 7.50. The number of piperazine rings is 1. The zero-order valence-corrected chi connectivity index (χ0v) is 22.6. The highest BCUT2D eigenvalue weighted by Gasteiger charge is 2.45. The third kappa shape index (κ3) is 4.16. The molecule has 0 spiro atoms. The fraction of sp³-hybridized carbons (Fsp3) is 0.467. The number of nitrogens with zero attached hydrogens (tertiary/aromatic N) is 6. The molecule has 9 nitrogen and oxygen atoms in total. The second-order valence-corrected chi connectivity index (χ2v) is 12.0. The molecule has 2 unspecified atom stereocenters. The molecule has 4 aliphatic rings. The van der Waals surface area contributed by atoms with Crippen LogP contribution in [-0.4, -0.2) is 80.4 Å². The summed E-state index contributed by atoms with van der Waals surface area (Å²) in [7, 11) is 0. The summed E-state index contributed by atoms with van der Waals surface area (Å²) in [5.41, 5.74) is 0.584. The van der Waals surface area contributed by atoms with Gasteiger partial charge in [0.25, 0.3) is 0 Å². The smallest absolute Gasteiger partial charge is 0.320 e. The monoisotopic (exact) mass is 559 g/mol. The molecule has 11 heteroatoms. The van der Waals surface area contributed by atoms with Gasteiger partial charge in [-0.1, -0.05) is 6.07 Å². The van der Waals surface area contributed by atoms with Gasteiger partial charge in [-0.25, -0.2) is 18.7 Å². The molecule has 0 aliphatic carbocycles. The molecule has 4 aromatic rings. The van der Waals surface area contributed by atoms with Crippen molar-refractivity contribution in [2.45, 2.75) is 56.1 Å². The Morgan fingerprint density at radius 3 is 2.59 bits per heavy atom. The number of nitrogens with one attached hydrogen (secondary N) is 1. The molecule has 6 heterocycles. The minimum Gasteiger partial charge on any atom is -0.508 e. The lowest BCUT2D eigenvalue weighted by molar-refractivity contribution is 0.108. The highest BCUT2D eigenvalue weighted by atomic mass is 19.2. The first-order chi connectivity index (χ1) is 20.0. The van der Waals surface area contributed by atoms with Crippen molar-refractivity contribution in [3.63, 3.8) is 0 Å². The number of phenolic OH excluding ortho intramolecular Hbond substituents is 1. The zero-order valence-electron chi connectivity index (χ0n) is 22.6. The lowest BCUT2D eigenvalue weighted by Crippen LogP contribution is -2.51. The Balaban J connectivity index is 1.24. The Hall–Kier alpha value is -3.70. The molecular weight excluding hydrogens is 528 g/mol. The van der Waals surface area contributed by atoms with Crippen molar-refractivity contribution in [3.05, 3.63) is 42.1 Å². The number of phenols is 1. The van der Waals surface area contributed by atoms with Crippen LogP contribution in [-0.2, 0) is 0 Å². The van der Waals surface area contributed by atoms with Crippen molar-refractivity contribution in [1.82, 2.24) is 30.2 Å². The van der Waals surface area contributed by atoms with Crippen molar-refractivity contribution in [2.24, 2.45) is 0 Å². The predicted octanol–water partition coefficient (Wildman–Crippen LogP) is 4.17. The molecule has 2 aromatic carbocycles. The van der Waals surface area contributed by atoms with Crippen molar-refractivity contribution < 1.29 is 18.6 Å². The number of halogens is 2. The molecule has 41 heavy (non-hydrogen) atoms. The zero-order chi connectivity index (χ0) is 27.7. The first-order valence-electron chi connectivity index (χ1n) is 14.5. The van der Waals surface area contributed by atoms with Gasteiger partial charge in [0, 0.05) is 42.3 Å². The van der Waals surface area contributed by atoms with Gasteiger partial charge < -0.3 is 20.1 Å². The highest BCUT2D eigenvalue weighted by Crippen LogP contribution is 2.40. The van der Waals surface area contributed by atoms with E-state index in [4.69, 9.17) is 19.7 Å². The van der Waals surface area contributed by atoms with Gasteiger partial charge in [-0.3, -0.25) is 4.90 Å². The van der Waals surface area contributed by atoms with E-state index in [1.165, 1.54) is 31.0 Å². The van der Waals surface area contributed by atoms with Gasteiger partial charge in [-0.15, -0.1) is 0 Å². The van der Waals surface area contributed by atoms with Crippen LogP contribution in [0.2, 0.25) is 0 Å². The van der Waals surface area contributed by atoms with Crippen LogP contribution in [0.1, 0.15) is 38.5 Å². The first-order valence-corrected chi connectivity index (χ1v) is 14.5. The predicted molar refractivity (Wildman–Crippen MR) is 150 cm³/mol. The van der Waals surface area contributed by atoms with Gasteiger partial charge in [0.05, 0.1) is 10.9 Å². The molecule has 212 valence electrons. The van der Waals surface area contributed by atoms with Crippen LogP contribution >= 0.6 is 0 Å². The van der Waals surface area contributed by atoms with E-state index in [-0.39, 0.29) is 34.1 Å². The summed E-state index contributed by atoms with van der Waals surface area (Å²) in [5, 5.41) is 15.1. The maximum atomic E-state index is 15.0. The number of ether oxygens (including phenoxy) is 1. The molecule has 8 rings (SSSR count). The number of benzene rings is 2. The Bertz CT molecular complexity index is 1660. The minimum absolute atomic E-state index is 0.00763. The van der Waals surface area contributed by atoms with E-state index in [0.29, 0.717) is 35.1 Å². The molecule has 2 aromatic heterocycles. The van der Waals surface area contributed by atoms with Crippen LogP contribution in [0.15, 0.2) is 30.5 Å². The molecule has 0 saturated carbocycles. The Morgan fingerprint density at radius 1 is 1.02 bits per heavy atom. The quantitative estimate of drug-likeness (QED) is 0.373. The number of aromatic hydroxyl groups is 1. The van der Waals surface area contributed by atoms with E-state index in [0.717, 1.165) is 63.7 Å². The van der Waals surface area contributed by atoms with E-state index in [1.54, 1.807) is 6.20 Å². The number of hydrogen-bond donors (Lipinski definition) is 2. The largest absolute Gasteiger partial charge is 0.508 e. The summed E-state index contributed by atoms with van der Waals surface area (Å²) in [6.45, 7) is 4.33. The molecule has 4 saturated heterocycles. The lowest BCUT2D eigenvalue weighted by atomic mass is 9.95. The van der Waals surface area contributed by atoms with Crippen LogP contribution in [0, 0.1) is 11.6 Å². The van der Waals surface area contributed by atoms with Gasteiger partial charge in [-0.05, 0) is 75.2 Å². The molecule has 2 bridgehead atoms. The van der Waals surface area contributed by atoms with Gasteiger partial charge in [-0.2, -0.15) is 9.97 Å². The average molecular weight is 560 g/mol. The summed E-state index contributed by atoms with van der Waals surface area (Å²) in [5.74, 6) is -1.23. The number of hydrogen-bond acceptors (Lipinski definition) is 9. The summed E-state index contributed by atoms with van der Waals surface area (Å²) >= 11 is 0. The molecular formula is C30H31F2N7O2. The molecule has 0 radical (unpaired) electrons. The van der Waals surface area contributed by atoms with E-state index in [1.807, 2.05) is 0 Å². The Morgan fingerprint density at radius 2 is 1.80 bits per heavy atom. The average Bonchev–Trinajstić information content (AvgIpc) is 3.66. The highest BCUT2D eigenvalue weighted by molar-refractivity contribution is 5.98. The lowest BCUT2D eigenvalue weighted by Gasteiger charge is -2.34. The number of anilines is 1. The van der Waals surface area contributed by atoms with Gasteiger partial charge >= 0.3 is 6.01 Å². The third-order valence-corrected chi connectivity index (χ3v) is 9.44. The van der Waals surface area contributed by atoms with Crippen molar-refractivity contribution in [3.8, 4) is 23.1 Å². The normalized spacial score (nSPS) is 23.5. The maximum Gasteiger partial charge on any atom is 0.320 e. The van der Waals surface area contributed by atoms with Crippen LogP contribution in [0.4, 0.5) is 14.6 Å². The summed E-state index contributed by atoms with van der Waals surface area (Å²) in [6, 6.07) is 6.26. The first kappa shape index (κ1) is 25.0. The number of rotatable bonds is 5. The van der Waals surface area contributed by atoms with E-state index in [9.17, 15) is 9.50 Å². The second kappa shape index (κ2) is 9.42. The number of fused-ring (bicyclic) bond motifs is 5. The summed E-state index contributed by atoms with van der Waals surface area (Å²) in [6.07, 6.45) is 8.44. The molecule has 4 aliphatic heterocycles. The van der Waals surface area contributed by atoms with Crippen LogP contribution < -0.4 is 15.0 Å². The van der Waals surface area contributed by atoms with Crippen molar-refractivity contribution in [1.29, 1.82) is 0 Å². The van der Waals surface area contributed by atoms with E-state index in [2.05, 4.69) is 20.1 Å². The van der Waals surface area contributed by atoms with Crippen LogP contribution in [0.3, 0.4) is 0 Å². The van der Waals surface area contributed by atoms with Crippen LogP contribution in [0.25, 0.3) is 33.2 Å². The van der Waals surface area contributed by atoms with Gasteiger partial charge in [0.15, 0.2) is 23.1 Å². The van der Waals surface area contributed by atoms with Crippen molar-refractivity contribution in [2.75, 3.05) is 37.7 Å². The molecule has 4 fully saturated rings. The fourth-order valence-electron chi connectivity index (χ4n) is 7.50. The van der Waals surface area contributed by atoms with Gasteiger partial charge in [0.1, 0.15) is 18.2 Å². The Labute approximate surface area is 235 Å². The van der Waals surface area contributed by atoms with Gasteiger partial charge in [0.2, 0.25) is 0 Å². The third-order valence-electron chi connectivity index (χ3n) is 9.44. The minimum atomic E-state index is -1.01. The second-order valence-electron chi connectivity index (χ2n) is 12.0. The van der Waals surface area contributed by atoms with Crippen molar-refractivity contribution >= 4 is 27.6 Å². The summed E-state index contributed by atoms with van der Waals surface area (Å²) < 4.78 is 35.6.